The highest BCUT2D eigenvalue weighted by Crippen LogP contribution is 2.32. The Bertz CT molecular complexity index is 1250. The lowest BCUT2D eigenvalue weighted by atomic mass is 10.1. The van der Waals surface area contributed by atoms with Gasteiger partial charge in [-0.05, 0) is 19.9 Å². The summed E-state index contributed by atoms with van der Waals surface area (Å²) in [5.41, 5.74) is 3.47. The molecule has 0 unspecified atom stereocenters. The summed E-state index contributed by atoms with van der Waals surface area (Å²) >= 11 is 0. The van der Waals surface area contributed by atoms with Crippen molar-refractivity contribution in [2.24, 2.45) is 0 Å². The number of fused-ring (bicyclic) bond motifs is 1. The van der Waals surface area contributed by atoms with Gasteiger partial charge in [0.05, 0.1) is 27.4 Å². The van der Waals surface area contributed by atoms with E-state index in [0.717, 1.165) is 22.8 Å². The first-order chi connectivity index (χ1) is 14.0. The van der Waals surface area contributed by atoms with Gasteiger partial charge >= 0.3 is 5.69 Å². The monoisotopic (exact) mass is 415 g/mol. The van der Waals surface area contributed by atoms with Gasteiger partial charge in [-0.1, -0.05) is 0 Å². The fraction of sp³-hybridized carbons (Fsp3) is 0.111. The highest BCUT2D eigenvalue weighted by atomic mass is 19.1. The standard InChI is InChI=1S/C18H14FN5O6/c1-7(3-8(2)25)21-11-5-10(19)12(24(29)30)6-13(11)23-14(26)4-9-15(16(23)20)18(28)22-17(9)27/h3-6,21H,20H2,1-2H3,(H,22,27,28). The fourth-order valence-corrected chi connectivity index (χ4v) is 3.06. The quantitative estimate of drug-likeness (QED) is 0.284. The molecule has 0 bridgehead atoms. The molecule has 11 nitrogen and oxygen atoms in total. The van der Waals surface area contributed by atoms with Crippen LogP contribution in [0.5, 0.6) is 0 Å². The number of nitrogens with zero attached hydrogens (tertiary/aromatic N) is 2. The van der Waals surface area contributed by atoms with Crippen LogP contribution in [-0.4, -0.2) is 27.1 Å². The number of anilines is 2. The molecule has 0 saturated heterocycles. The lowest BCUT2D eigenvalue weighted by Crippen LogP contribution is -2.25. The van der Waals surface area contributed by atoms with E-state index in [9.17, 15) is 33.7 Å². The van der Waals surface area contributed by atoms with Gasteiger partial charge in [0.2, 0.25) is 5.82 Å². The van der Waals surface area contributed by atoms with Crippen LogP contribution in [0.15, 0.2) is 34.8 Å². The molecule has 0 radical (unpaired) electrons. The number of ketones is 1. The van der Waals surface area contributed by atoms with Crippen LogP contribution in [0.4, 0.5) is 21.6 Å². The number of nitro benzene ring substituents is 1. The van der Waals surface area contributed by atoms with E-state index in [2.05, 4.69) is 5.32 Å². The SMILES string of the molecule is CC(=O)C=C(C)Nc1cc(F)c([N+](=O)[O-])cc1-n1c(N)c2c(cc1=O)C(=O)NC2=O. The second-order valence-corrected chi connectivity index (χ2v) is 6.42. The molecule has 30 heavy (non-hydrogen) atoms. The summed E-state index contributed by atoms with van der Waals surface area (Å²) in [4.78, 5) is 58.0. The summed E-state index contributed by atoms with van der Waals surface area (Å²) < 4.78 is 15.0. The van der Waals surface area contributed by atoms with Crippen LogP contribution in [0.25, 0.3) is 5.69 Å². The number of nitrogen functional groups attached to an aromatic ring is 1. The zero-order valence-electron chi connectivity index (χ0n) is 15.6. The fourth-order valence-electron chi connectivity index (χ4n) is 3.06. The molecule has 1 aromatic heterocycles. The summed E-state index contributed by atoms with van der Waals surface area (Å²) in [6.07, 6.45) is 1.18. The summed E-state index contributed by atoms with van der Waals surface area (Å²) in [6, 6.07) is 2.37. The summed E-state index contributed by atoms with van der Waals surface area (Å²) in [5, 5.41) is 15.9. The van der Waals surface area contributed by atoms with E-state index < -0.39 is 39.6 Å². The molecule has 12 heteroatoms. The Kier molecular flexibility index (Phi) is 4.92. The van der Waals surface area contributed by atoms with Crippen molar-refractivity contribution < 1.29 is 23.7 Å². The Labute approximate surface area is 167 Å². The van der Waals surface area contributed by atoms with E-state index in [1.54, 1.807) is 0 Å². The molecule has 2 heterocycles. The molecule has 1 aromatic carbocycles. The number of allylic oxidation sites excluding steroid dienone is 2. The number of benzene rings is 1. The van der Waals surface area contributed by atoms with Crippen molar-refractivity contribution in [3.8, 4) is 5.69 Å². The predicted molar refractivity (Wildman–Crippen MR) is 103 cm³/mol. The van der Waals surface area contributed by atoms with Crippen LogP contribution in [-0.2, 0) is 4.79 Å². The third-order valence-corrected chi connectivity index (χ3v) is 4.21. The van der Waals surface area contributed by atoms with E-state index in [1.165, 1.54) is 19.9 Å². The minimum Gasteiger partial charge on any atom is -0.384 e. The minimum absolute atomic E-state index is 0.133. The topological polar surface area (TPSA) is 166 Å². The molecule has 0 aliphatic carbocycles. The molecular weight excluding hydrogens is 401 g/mol. The molecule has 1 aliphatic rings. The van der Waals surface area contributed by atoms with Gasteiger partial charge in [-0.15, -0.1) is 0 Å². The average molecular weight is 415 g/mol. The number of carbonyl (C=O) groups excluding carboxylic acids is 3. The minimum atomic E-state index is -1.21. The molecule has 0 atom stereocenters. The first kappa shape index (κ1) is 20.4. The van der Waals surface area contributed by atoms with E-state index >= 15 is 0 Å². The number of hydrogen-bond donors (Lipinski definition) is 3. The van der Waals surface area contributed by atoms with Crippen molar-refractivity contribution in [1.29, 1.82) is 0 Å². The number of hydrogen-bond acceptors (Lipinski definition) is 8. The number of rotatable bonds is 5. The van der Waals surface area contributed by atoms with Crippen molar-refractivity contribution in [3.05, 3.63) is 67.4 Å². The van der Waals surface area contributed by atoms with E-state index in [0.29, 0.717) is 0 Å². The van der Waals surface area contributed by atoms with Crippen molar-refractivity contribution in [3.63, 3.8) is 0 Å². The molecule has 0 saturated carbocycles. The molecule has 2 amide bonds. The Balaban J connectivity index is 2.34. The summed E-state index contributed by atoms with van der Waals surface area (Å²) in [7, 11) is 0. The van der Waals surface area contributed by atoms with Gasteiger partial charge in [0.25, 0.3) is 17.4 Å². The predicted octanol–water partition coefficient (Wildman–Crippen LogP) is 1.26. The number of aromatic nitrogens is 1. The lowest BCUT2D eigenvalue weighted by Gasteiger charge is -2.17. The van der Waals surface area contributed by atoms with Gasteiger partial charge < -0.3 is 11.1 Å². The second-order valence-electron chi connectivity index (χ2n) is 6.42. The number of carbonyl (C=O) groups is 3. The lowest BCUT2D eigenvalue weighted by molar-refractivity contribution is -0.387. The first-order valence-corrected chi connectivity index (χ1v) is 8.36. The average Bonchev–Trinajstić information content (AvgIpc) is 2.89. The Morgan fingerprint density at radius 2 is 1.90 bits per heavy atom. The summed E-state index contributed by atoms with van der Waals surface area (Å²) in [6.45, 7) is 2.76. The van der Waals surface area contributed by atoms with Gasteiger partial charge in [-0.25, -0.2) is 0 Å². The van der Waals surface area contributed by atoms with Gasteiger partial charge in [0.15, 0.2) is 5.78 Å². The molecule has 2 aromatic rings. The third kappa shape index (κ3) is 3.41. The Morgan fingerprint density at radius 3 is 2.50 bits per heavy atom. The number of imide groups is 1. The van der Waals surface area contributed by atoms with Gasteiger partial charge in [-0.2, -0.15) is 4.39 Å². The Hall–Kier alpha value is -4.35. The smallest absolute Gasteiger partial charge is 0.307 e. The van der Waals surface area contributed by atoms with Crippen LogP contribution in [0.1, 0.15) is 34.6 Å². The first-order valence-electron chi connectivity index (χ1n) is 8.36. The zero-order valence-corrected chi connectivity index (χ0v) is 15.6. The second kappa shape index (κ2) is 7.24. The van der Waals surface area contributed by atoms with Crippen LogP contribution >= 0.6 is 0 Å². The molecule has 3 rings (SSSR count). The maximum absolute atomic E-state index is 14.2. The van der Waals surface area contributed by atoms with Crippen molar-refractivity contribution in [1.82, 2.24) is 9.88 Å². The van der Waals surface area contributed by atoms with Crippen LogP contribution < -0.4 is 21.9 Å². The maximum atomic E-state index is 14.2. The maximum Gasteiger partial charge on any atom is 0.307 e. The largest absolute Gasteiger partial charge is 0.384 e. The van der Waals surface area contributed by atoms with Crippen LogP contribution in [0.3, 0.4) is 0 Å². The number of nitro groups is 1. The zero-order chi connectivity index (χ0) is 22.3. The van der Waals surface area contributed by atoms with Gasteiger partial charge in [0.1, 0.15) is 5.82 Å². The van der Waals surface area contributed by atoms with Crippen LogP contribution in [0.2, 0.25) is 0 Å². The molecule has 0 fully saturated rings. The van der Waals surface area contributed by atoms with E-state index in [4.69, 9.17) is 5.73 Å². The number of nitrogens with one attached hydrogen (secondary N) is 2. The summed E-state index contributed by atoms with van der Waals surface area (Å²) in [5.74, 6) is -3.65. The number of pyridine rings is 1. The van der Waals surface area contributed by atoms with Crippen molar-refractivity contribution in [2.75, 3.05) is 11.1 Å². The third-order valence-electron chi connectivity index (χ3n) is 4.21. The van der Waals surface area contributed by atoms with Gasteiger partial charge in [0, 0.05) is 23.9 Å². The number of halogens is 1. The Morgan fingerprint density at radius 1 is 1.23 bits per heavy atom. The molecule has 1 aliphatic heterocycles. The van der Waals surface area contributed by atoms with E-state index in [-0.39, 0.29) is 34.0 Å². The molecule has 0 spiro atoms. The normalized spacial score (nSPS) is 13.1. The van der Waals surface area contributed by atoms with Gasteiger partial charge in [-0.3, -0.25) is 39.2 Å². The molecule has 4 N–H and O–H groups in total. The molecule has 154 valence electrons. The van der Waals surface area contributed by atoms with E-state index in [1.807, 2.05) is 5.32 Å². The number of nitrogens with two attached hydrogens (primary N) is 1. The van der Waals surface area contributed by atoms with Crippen molar-refractivity contribution >= 4 is 34.8 Å². The highest BCUT2D eigenvalue weighted by Gasteiger charge is 2.33. The van der Waals surface area contributed by atoms with Crippen molar-refractivity contribution in [2.45, 2.75) is 13.8 Å². The molecular formula is C18H14FN5O6. The van der Waals surface area contributed by atoms with Crippen LogP contribution in [0, 0.1) is 15.9 Å². The number of amides is 2. The highest BCUT2D eigenvalue weighted by molar-refractivity contribution is 6.23.